The molecule has 3 aromatic rings. The molecule has 7 nitrogen and oxygen atoms in total. The average Bonchev–Trinajstić information content (AvgIpc) is 2.92. The van der Waals surface area contributed by atoms with E-state index in [1.165, 1.54) is 36.5 Å². The van der Waals surface area contributed by atoms with Gasteiger partial charge in [0.25, 0.3) is 17.7 Å². The van der Waals surface area contributed by atoms with E-state index in [1.807, 2.05) is 0 Å². The molecule has 0 saturated carbocycles. The first kappa shape index (κ1) is 16.5. The van der Waals surface area contributed by atoms with E-state index in [-0.39, 0.29) is 28.3 Å². The predicted molar refractivity (Wildman–Crippen MR) is 97.9 cm³/mol. The molecule has 1 aliphatic rings. The SMILES string of the molecule is O=C(Nc1cccc(O)c1)c1ccc2c(c1)C(=O)N(c1ccccn1)C2=O. The molecule has 0 atom stereocenters. The molecule has 4 rings (SSSR count). The Morgan fingerprint density at radius 2 is 1.74 bits per heavy atom. The Hall–Kier alpha value is -4.00. The molecule has 0 aliphatic carbocycles. The van der Waals surface area contributed by atoms with E-state index in [0.717, 1.165) is 4.90 Å². The lowest BCUT2D eigenvalue weighted by molar-refractivity contribution is 0.0924. The number of fused-ring (bicyclic) bond motifs is 1. The number of pyridine rings is 1. The van der Waals surface area contributed by atoms with Gasteiger partial charge < -0.3 is 10.4 Å². The summed E-state index contributed by atoms with van der Waals surface area (Å²) in [7, 11) is 0. The van der Waals surface area contributed by atoms with Gasteiger partial charge in [0.05, 0.1) is 11.1 Å². The van der Waals surface area contributed by atoms with E-state index in [0.29, 0.717) is 5.69 Å². The monoisotopic (exact) mass is 359 g/mol. The van der Waals surface area contributed by atoms with Crippen molar-refractivity contribution in [3.05, 3.63) is 83.6 Å². The predicted octanol–water partition coefficient (Wildman–Crippen LogP) is 2.84. The van der Waals surface area contributed by atoms with Gasteiger partial charge >= 0.3 is 0 Å². The molecule has 7 heteroatoms. The number of benzene rings is 2. The van der Waals surface area contributed by atoms with Crippen LogP contribution in [0.1, 0.15) is 31.1 Å². The summed E-state index contributed by atoms with van der Waals surface area (Å²) < 4.78 is 0. The van der Waals surface area contributed by atoms with E-state index in [9.17, 15) is 19.5 Å². The number of nitrogens with zero attached hydrogens (tertiary/aromatic N) is 2. The third kappa shape index (κ3) is 2.91. The van der Waals surface area contributed by atoms with Crippen molar-refractivity contribution in [3.63, 3.8) is 0 Å². The third-order valence-corrected chi connectivity index (χ3v) is 4.13. The lowest BCUT2D eigenvalue weighted by Gasteiger charge is -2.11. The molecule has 2 aromatic carbocycles. The standard InChI is InChI=1S/C20H13N3O4/c24-14-5-3-4-13(11-14)22-18(25)12-7-8-15-16(10-12)20(27)23(19(15)26)17-6-1-2-9-21-17/h1-11,24H,(H,22,25). The Bertz CT molecular complexity index is 1080. The van der Waals surface area contributed by atoms with Crippen LogP contribution in [0.25, 0.3) is 0 Å². The highest BCUT2D eigenvalue weighted by Gasteiger charge is 2.37. The number of phenolic OH excluding ortho intramolecular Hbond substituents is 1. The van der Waals surface area contributed by atoms with Crippen molar-refractivity contribution in [1.82, 2.24) is 4.98 Å². The first-order chi connectivity index (χ1) is 13.0. The number of imide groups is 1. The first-order valence-electron chi connectivity index (χ1n) is 8.09. The summed E-state index contributed by atoms with van der Waals surface area (Å²) in [5.41, 5.74) is 1.01. The van der Waals surface area contributed by atoms with Gasteiger partial charge in [-0.2, -0.15) is 0 Å². The van der Waals surface area contributed by atoms with Crippen LogP contribution in [0.4, 0.5) is 11.5 Å². The molecule has 0 spiro atoms. The number of hydrogen-bond donors (Lipinski definition) is 2. The summed E-state index contributed by atoms with van der Waals surface area (Å²) in [5.74, 6) is -1.21. The molecule has 27 heavy (non-hydrogen) atoms. The number of hydrogen-bond acceptors (Lipinski definition) is 5. The van der Waals surface area contributed by atoms with Crippen LogP contribution < -0.4 is 10.2 Å². The van der Waals surface area contributed by atoms with Crippen LogP contribution in [-0.2, 0) is 0 Å². The van der Waals surface area contributed by atoms with Gasteiger partial charge in [-0.15, -0.1) is 0 Å². The van der Waals surface area contributed by atoms with Gasteiger partial charge in [-0.05, 0) is 42.5 Å². The van der Waals surface area contributed by atoms with E-state index >= 15 is 0 Å². The van der Waals surface area contributed by atoms with Crippen LogP contribution in [0.15, 0.2) is 66.9 Å². The van der Waals surface area contributed by atoms with Crippen LogP contribution in [0.2, 0.25) is 0 Å². The molecule has 0 radical (unpaired) electrons. The molecular weight excluding hydrogens is 346 g/mol. The van der Waals surface area contributed by atoms with Crippen molar-refractivity contribution in [2.45, 2.75) is 0 Å². The Morgan fingerprint density at radius 1 is 0.926 bits per heavy atom. The number of carbonyl (C=O) groups is 3. The summed E-state index contributed by atoms with van der Waals surface area (Å²) in [6, 6.07) is 15.4. The van der Waals surface area contributed by atoms with Gasteiger partial charge in [-0.3, -0.25) is 14.4 Å². The van der Waals surface area contributed by atoms with Crippen molar-refractivity contribution >= 4 is 29.2 Å². The lowest BCUT2D eigenvalue weighted by Crippen LogP contribution is -2.30. The van der Waals surface area contributed by atoms with Gasteiger partial charge in [0.15, 0.2) is 0 Å². The quantitative estimate of drug-likeness (QED) is 0.701. The first-order valence-corrected chi connectivity index (χ1v) is 8.09. The Labute approximate surface area is 153 Å². The lowest BCUT2D eigenvalue weighted by atomic mass is 10.1. The summed E-state index contributed by atoms with van der Waals surface area (Å²) in [6.45, 7) is 0. The number of carbonyl (C=O) groups excluding carboxylic acids is 3. The molecule has 1 aromatic heterocycles. The molecule has 0 unspecified atom stereocenters. The van der Waals surface area contributed by atoms with Crippen LogP contribution in [0, 0.1) is 0 Å². The van der Waals surface area contributed by atoms with Crippen molar-refractivity contribution in [2.24, 2.45) is 0 Å². The fourth-order valence-electron chi connectivity index (χ4n) is 2.86. The van der Waals surface area contributed by atoms with E-state index in [4.69, 9.17) is 0 Å². The van der Waals surface area contributed by atoms with Crippen molar-refractivity contribution in [3.8, 4) is 5.75 Å². The largest absolute Gasteiger partial charge is 0.508 e. The Kier molecular flexibility index (Phi) is 3.89. The van der Waals surface area contributed by atoms with Crippen molar-refractivity contribution in [2.75, 3.05) is 10.2 Å². The van der Waals surface area contributed by atoms with Gasteiger partial charge in [-0.1, -0.05) is 12.1 Å². The summed E-state index contributed by atoms with van der Waals surface area (Å²) in [4.78, 5) is 42.7. The minimum absolute atomic E-state index is 0.0218. The maximum atomic E-state index is 12.7. The minimum Gasteiger partial charge on any atom is -0.508 e. The topological polar surface area (TPSA) is 99.6 Å². The molecule has 3 amide bonds. The smallest absolute Gasteiger partial charge is 0.267 e. The molecule has 0 fully saturated rings. The Balaban J connectivity index is 1.64. The number of aromatic nitrogens is 1. The maximum absolute atomic E-state index is 12.7. The molecular formula is C20H13N3O4. The molecule has 0 bridgehead atoms. The van der Waals surface area contributed by atoms with Gasteiger partial charge in [0.1, 0.15) is 11.6 Å². The molecule has 132 valence electrons. The average molecular weight is 359 g/mol. The summed E-state index contributed by atoms with van der Waals surface area (Å²) >= 11 is 0. The highest BCUT2D eigenvalue weighted by molar-refractivity contribution is 6.34. The van der Waals surface area contributed by atoms with Gasteiger partial charge in [0, 0.05) is 23.5 Å². The fourth-order valence-corrected chi connectivity index (χ4v) is 2.86. The van der Waals surface area contributed by atoms with Crippen LogP contribution in [0.3, 0.4) is 0 Å². The number of aromatic hydroxyl groups is 1. The van der Waals surface area contributed by atoms with Gasteiger partial charge in [-0.25, -0.2) is 9.88 Å². The summed E-state index contributed by atoms with van der Waals surface area (Å²) in [6.07, 6.45) is 1.49. The number of nitrogens with one attached hydrogen (secondary N) is 1. The van der Waals surface area contributed by atoms with Crippen LogP contribution in [-0.4, -0.2) is 27.8 Å². The highest BCUT2D eigenvalue weighted by atomic mass is 16.3. The third-order valence-electron chi connectivity index (χ3n) is 4.13. The molecule has 2 N–H and O–H groups in total. The van der Waals surface area contributed by atoms with Gasteiger partial charge in [0.2, 0.25) is 0 Å². The molecule has 1 aliphatic heterocycles. The highest BCUT2D eigenvalue weighted by Crippen LogP contribution is 2.28. The van der Waals surface area contributed by atoms with Crippen LogP contribution >= 0.6 is 0 Å². The minimum atomic E-state index is -0.527. The number of amides is 3. The van der Waals surface area contributed by atoms with Crippen molar-refractivity contribution < 1.29 is 19.5 Å². The summed E-state index contributed by atoms with van der Waals surface area (Å²) in [5, 5.41) is 12.1. The zero-order valence-electron chi connectivity index (χ0n) is 13.9. The zero-order valence-corrected chi connectivity index (χ0v) is 13.9. The zero-order chi connectivity index (χ0) is 19.0. The second-order valence-corrected chi connectivity index (χ2v) is 5.90. The number of rotatable bonds is 3. The number of phenols is 1. The Morgan fingerprint density at radius 3 is 2.48 bits per heavy atom. The normalized spacial score (nSPS) is 12.8. The van der Waals surface area contributed by atoms with E-state index in [2.05, 4.69) is 10.3 Å². The van der Waals surface area contributed by atoms with Crippen LogP contribution in [0.5, 0.6) is 5.75 Å². The molecule has 0 saturated heterocycles. The van der Waals surface area contributed by atoms with E-state index in [1.54, 1.807) is 30.3 Å². The maximum Gasteiger partial charge on any atom is 0.267 e. The van der Waals surface area contributed by atoms with Crippen molar-refractivity contribution in [1.29, 1.82) is 0 Å². The second kappa shape index (κ2) is 6.38. The number of anilines is 2. The second-order valence-electron chi connectivity index (χ2n) is 5.90. The van der Waals surface area contributed by atoms with E-state index < -0.39 is 17.7 Å². The fraction of sp³-hybridized carbons (Fsp3) is 0. The molecule has 2 heterocycles.